The van der Waals surface area contributed by atoms with Gasteiger partial charge in [-0.15, -0.1) is 0 Å². The van der Waals surface area contributed by atoms with Crippen molar-refractivity contribution in [2.24, 2.45) is 0 Å². The molecule has 0 radical (unpaired) electrons. The summed E-state index contributed by atoms with van der Waals surface area (Å²) in [5.41, 5.74) is 0. The molecule has 11 heteroatoms. The molecule has 74 heavy (non-hydrogen) atoms. The highest BCUT2D eigenvalue weighted by Crippen LogP contribution is 2.20. The van der Waals surface area contributed by atoms with Crippen LogP contribution in [0.2, 0.25) is 6.04 Å². The van der Waals surface area contributed by atoms with E-state index < -0.39 is 8.80 Å². The van der Waals surface area contributed by atoms with Crippen LogP contribution in [0.3, 0.4) is 0 Å². The van der Waals surface area contributed by atoms with Crippen molar-refractivity contribution >= 4 is 21.4 Å². The van der Waals surface area contributed by atoms with Crippen molar-refractivity contribution in [3.8, 4) is 0 Å². The zero-order valence-corrected chi connectivity index (χ0v) is 51.9. The average molecular weight is 1090 g/mol. The molecule has 0 bridgehead atoms. The Kier molecular flexibility index (Phi) is 67.7. The first-order chi connectivity index (χ1) is 36.7. The lowest BCUT2D eigenvalue weighted by atomic mass is 10.0. The van der Waals surface area contributed by atoms with Gasteiger partial charge in [-0.25, -0.2) is 0 Å². The van der Waals surface area contributed by atoms with Crippen LogP contribution in [0.15, 0.2) is 0 Å². The molecule has 446 valence electrons. The minimum Gasteiger partial charge on any atom is -0.379 e. The van der Waals surface area contributed by atoms with E-state index in [4.69, 9.17) is 41.7 Å². The standard InChI is InChI=1S/C63H130O9SSi/c1-4-7-10-13-16-19-22-25-28-31-34-37-40-43-47-64-50-53-67-56-59-70-74(63-46-62-73,71-60-57-68-54-51-65-48-44-41-38-35-32-29-26-23-20-17-14-11-8-5-2)72-61-58-69-55-52-66-49-45-42-39-36-33-30-27-24-21-18-15-12-9-6-3/h73H,4-63H2,1-3H3. The molecular formula is C63H130O9SSi. The fraction of sp³-hybridized carbons (Fsp3) is 1.00. The average Bonchev–Trinajstić information content (AvgIpc) is 3.41. The molecule has 0 spiro atoms. The first-order valence-electron chi connectivity index (χ1n) is 32.7. The second-order valence-corrected chi connectivity index (χ2v) is 24.7. The third kappa shape index (κ3) is 61.4. The maximum absolute atomic E-state index is 6.49. The van der Waals surface area contributed by atoms with Gasteiger partial charge in [-0.1, -0.05) is 271 Å². The van der Waals surface area contributed by atoms with E-state index in [1.54, 1.807) is 0 Å². The Hall–Kier alpha value is 0.207. The molecule has 0 aliphatic heterocycles. The summed E-state index contributed by atoms with van der Waals surface area (Å²) in [4.78, 5) is 0. The van der Waals surface area contributed by atoms with E-state index in [1.807, 2.05) is 0 Å². The van der Waals surface area contributed by atoms with E-state index in [9.17, 15) is 0 Å². The summed E-state index contributed by atoms with van der Waals surface area (Å²) in [5, 5.41) is 0. The number of thiol groups is 1. The number of rotatable bonds is 69. The zero-order valence-electron chi connectivity index (χ0n) is 50.0. The second kappa shape index (κ2) is 67.5. The third-order valence-electron chi connectivity index (χ3n) is 14.3. The molecule has 0 N–H and O–H groups in total. The summed E-state index contributed by atoms with van der Waals surface area (Å²) >= 11 is 4.52. The lowest BCUT2D eigenvalue weighted by Crippen LogP contribution is -2.48. The molecule has 9 nitrogen and oxygen atoms in total. The number of unbranched alkanes of at least 4 members (excludes halogenated alkanes) is 39. The van der Waals surface area contributed by atoms with E-state index in [0.717, 1.165) is 51.3 Å². The van der Waals surface area contributed by atoms with Gasteiger partial charge >= 0.3 is 8.80 Å². The van der Waals surface area contributed by atoms with Crippen LogP contribution < -0.4 is 0 Å². The zero-order chi connectivity index (χ0) is 53.3. The first kappa shape index (κ1) is 74.2. The summed E-state index contributed by atoms with van der Waals surface area (Å²) in [6.45, 7) is 15.4. The second-order valence-electron chi connectivity index (χ2n) is 21.5. The minimum atomic E-state index is -3.04. The van der Waals surface area contributed by atoms with Crippen LogP contribution >= 0.6 is 12.6 Å². The molecule has 0 saturated carbocycles. The molecule has 0 aliphatic rings. The molecule has 0 saturated heterocycles. The van der Waals surface area contributed by atoms with Gasteiger partial charge < -0.3 is 41.7 Å². The molecule has 0 amide bonds. The summed E-state index contributed by atoms with van der Waals surface area (Å²) in [6.07, 6.45) is 58.2. The third-order valence-corrected chi connectivity index (χ3v) is 17.5. The Labute approximate surface area is 468 Å². The molecule has 0 aromatic carbocycles. The summed E-state index contributed by atoms with van der Waals surface area (Å²) in [5.74, 6) is 0.734. The van der Waals surface area contributed by atoms with Gasteiger partial charge in [0.2, 0.25) is 0 Å². The fourth-order valence-corrected chi connectivity index (χ4v) is 12.5. The Morgan fingerprint density at radius 1 is 0.203 bits per heavy atom. The topological polar surface area (TPSA) is 83.1 Å². The van der Waals surface area contributed by atoms with Crippen molar-refractivity contribution in [3.63, 3.8) is 0 Å². The molecule has 0 heterocycles. The normalized spacial score (nSPS) is 12.0. The quantitative estimate of drug-likeness (QED) is 0.0364. The highest BCUT2D eigenvalue weighted by Gasteiger charge is 2.40. The Morgan fingerprint density at radius 2 is 0.378 bits per heavy atom. The van der Waals surface area contributed by atoms with Gasteiger partial charge in [-0.3, -0.25) is 0 Å². The Bertz CT molecular complexity index is 875. The highest BCUT2D eigenvalue weighted by molar-refractivity contribution is 7.80. The largest absolute Gasteiger partial charge is 0.501 e. The molecule has 0 aliphatic carbocycles. The van der Waals surface area contributed by atoms with Crippen molar-refractivity contribution in [1.82, 2.24) is 0 Å². The van der Waals surface area contributed by atoms with Gasteiger partial charge in [0.05, 0.1) is 79.3 Å². The summed E-state index contributed by atoms with van der Waals surface area (Å²) < 4.78 is 54.9. The van der Waals surface area contributed by atoms with Gasteiger partial charge in [0, 0.05) is 25.9 Å². The molecular weight excluding hydrogens is 961 g/mol. The van der Waals surface area contributed by atoms with Crippen molar-refractivity contribution in [2.75, 3.05) is 105 Å². The maximum atomic E-state index is 6.49. The van der Waals surface area contributed by atoms with Crippen molar-refractivity contribution in [2.45, 2.75) is 303 Å². The van der Waals surface area contributed by atoms with Crippen LogP contribution in [-0.4, -0.2) is 114 Å². The van der Waals surface area contributed by atoms with Crippen LogP contribution in [-0.2, 0) is 41.7 Å². The smallest absolute Gasteiger partial charge is 0.379 e. The Balaban J connectivity index is 4.35. The molecule has 0 atom stereocenters. The monoisotopic (exact) mass is 1090 g/mol. The SMILES string of the molecule is CCCCCCCCCCCCCCCCOCCOCCO[Si](CCCS)(OCCOCCOCCCCCCCCCCCCCCCC)OCCOCCOCCCCCCCCCCCCCCCC. The number of hydrogen-bond acceptors (Lipinski definition) is 10. The molecule has 0 rings (SSSR count). The van der Waals surface area contributed by atoms with Crippen molar-refractivity contribution < 1.29 is 41.7 Å². The van der Waals surface area contributed by atoms with Crippen LogP contribution in [0.4, 0.5) is 0 Å². The van der Waals surface area contributed by atoms with Crippen LogP contribution in [0.5, 0.6) is 0 Å². The molecule has 0 aromatic rings. The lowest BCUT2D eigenvalue weighted by Gasteiger charge is -2.30. The number of ether oxygens (including phenoxy) is 6. The predicted octanol–water partition coefficient (Wildman–Crippen LogP) is 18.8. The van der Waals surface area contributed by atoms with Crippen molar-refractivity contribution in [1.29, 1.82) is 0 Å². The van der Waals surface area contributed by atoms with Gasteiger partial charge in [0.25, 0.3) is 0 Å². The van der Waals surface area contributed by atoms with Gasteiger partial charge in [-0.05, 0) is 31.4 Å². The summed E-state index contributed by atoms with van der Waals surface area (Å²) in [7, 11) is -3.04. The van der Waals surface area contributed by atoms with Crippen LogP contribution in [0.1, 0.15) is 297 Å². The van der Waals surface area contributed by atoms with Gasteiger partial charge in [-0.2, -0.15) is 12.6 Å². The van der Waals surface area contributed by atoms with E-state index >= 15 is 0 Å². The van der Waals surface area contributed by atoms with E-state index in [0.29, 0.717) is 85.3 Å². The highest BCUT2D eigenvalue weighted by atomic mass is 32.1. The lowest BCUT2D eigenvalue weighted by molar-refractivity contribution is -0.0162. The van der Waals surface area contributed by atoms with Gasteiger partial charge in [0.1, 0.15) is 0 Å². The first-order valence-corrected chi connectivity index (χ1v) is 35.3. The Morgan fingerprint density at radius 3 is 0.581 bits per heavy atom. The minimum absolute atomic E-state index is 0.402. The van der Waals surface area contributed by atoms with Crippen molar-refractivity contribution in [3.05, 3.63) is 0 Å². The van der Waals surface area contributed by atoms with E-state index in [1.165, 1.54) is 250 Å². The van der Waals surface area contributed by atoms with Crippen LogP contribution in [0.25, 0.3) is 0 Å². The molecule has 0 fully saturated rings. The number of hydrogen-bond donors (Lipinski definition) is 1. The van der Waals surface area contributed by atoms with Crippen LogP contribution in [0, 0.1) is 0 Å². The van der Waals surface area contributed by atoms with E-state index in [-0.39, 0.29) is 0 Å². The fourth-order valence-electron chi connectivity index (χ4n) is 9.57. The summed E-state index contributed by atoms with van der Waals surface area (Å²) in [6, 6.07) is 0.684. The predicted molar refractivity (Wildman–Crippen MR) is 323 cm³/mol. The maximum Gasteiger partial charge on any atom is 0.501 e. The van der Waals surface area contributed by atoms with Gasteiger partial charge in [0.15, 0.2) is 0 Å². The molecule has 0 aromatic heterocycles. The molecule has 0 unspecified atom stereocenters. The van der Waals surface area contributed by atoms with E-state index in [2.05, 4.69) is 33.4 Å².